The Morgan fingerprint density at radius 1 is 1.27 bits per heavy atom. The number of rotatable bonds is 1. The lowest BCUT2D eigenvalue weighted by Gasteiger charge is -2.02. The molecule has 0 amide bonds. The van der Waals surface area contributed by atoms with Crippen LogP contribution in [0.4, 0.5) is 8.78 Å². The second kappa shape index (κ2) is 4.09. The zero-order valence-electron chi connectivity index (χ0n) is 7.59. The third-order valence-electron chi connectivity index (χ3n) is 1.90. The zero-order chi connectivity index (χ0) is 11.0. The molecule has 0 N–H and O–H groups in total. The van der Waals surface area contributed by atoms with Crippen molar-refractivity contribution < 1.29 is 8.78 Å². The maximum Gasteiger partial charge on any atom is 0.178 e. The van der Waals surface area contributed by atoms with Crippen LogP contribution in [0.5, 0.6) is 0 Å². The van der Waals surface area contributed by atoms with Gasteiger partial charge in [0.1, 0.15) is 11.6 Å². The number of aromatic nitrogens is 2. The number of benzene rings is 1. The van der Waals surface area contributed by atoms with Gasteiger partial charge in [-0.2, -0.15) is 0 Å². The van der Waals surface area contributed by atoms with Gasteiger partial charge in [-0.3, -0.25) is 0 Å². The number of hydrogen-bond donors (Lipinski definition) is 0. The summed E-state index contributed by atoms with van der Waals surface area (Å²) in [5, 5.41) is 7.73. The lowest BCUT2D eigenvalue weighted by Crippen LogP contribution is -1.92. The molecule has 78 valence electrons. The van der Waals surface area contributed by atoms with Crippen LogP contribution in [0.25, 0.3) is 10.6 Å². The fourth-order valence-electron chi connectivity index (χ4n) is 1.16. The summed E-state index contributed by atoms with van der Waals surface area (Å²) < 4.78 is 27.7. The Bertz CT molecular complexity index is 513. The van der Waals surface area contributed by atoms with Crippen LogP contribution in [0.15, 0.2) is 12.1 Å². The lowest BCUT2D eigenvalue weighted by molar-refractivity contribution is 0.583. The summed E-state index contributed by atoms with van der Waals surface area (Å²) in [5.74, 6) is -1.17. The molecule has 15 heavy (non-hydrogen) atoms. The molecule has 0 bridgehead atoms. The van der Waals surface area contributed by atoms with Crippen molar-refractivity contribution in [3.05, 3.63) is 32.3 Å². The van der Waals surface area contributed by atoms with Gasteiger partial charge < -0.3 is 0 Å². The van der Waals surface area contributed by atoms with E-state index in [0.717, 1.165) is 11.3 Å². The summed E-state index contributed by atoms with van der Waals surface area (Å²) in [4.78, 5) is 0. The van der Waals surface area contributed by atoms with E-state index in [1.54, 1.807) is 6.92 Å². The Balaban J connectivity index is 2.66. The van der Waals surface area contributed by atoms with Crippen LogP contribution >= 0.6 is 33.9 Å². The molecule has 0 atom stereocenters. The van der Waals surface area contributed by atoms with Crippen molar-refractivity contribution in [1.29, 1.82) is 0 Å². The average molecular weight is 338 g/mol. The summed E-state index contributed by atoms with van der Waals surface area (Å²) in [5.41, 5.74) is 0.312. The van der Waals surface area contributed by atoms with Crippen LogP contribution in [0.3, 0.4) is 0 Å². The maximum absolute atomic E-state index is 13.7. The van der Waals surface area contributed by atoms with Crippen LogP contribution in [-0.4, -0.2) is 10.2 Å². The fourth-order valence-corrected chi connectivity index (χ4v) is 2.50. The van der Waals surface area contributed by atoms with Crippen molar-refractivity contribution in [3.8, 4) is 10.6 Å². The van der Waals surface area contributed by atoms with Crippen molar-refractivity contribution in [1.82, 2.24) is 10.2 Å². The minimum Gasteiger partial charge on any atom is -0.206 e. The first kappa shape index (κ1) is 10.9. The van der Waals surface area contributed by atoms with E-state index in [0.29, 0.717) is 8.58 Å². The maximum atomic E-state index is 13.7. The second-order valence-electron chi connectivity index (χ2n) is 2.91. The Labute approximate surface area is 102 Å². The molecule has 2 rings (SSSR count). The molecule has 1 aromatic carbocycles. The first-order chi connectivity index (χ1) is 7.09. The van der Waals surface area contributed by atoms with Crippen molar-refractivity contribution in [3.63, 3.8) is 0 Å². The highest BCUT2D eigenvalue weighted by molar-refractivity contribution is 14.1. The van der Waals surface area contributed by atoms with Gasteiger partial charge in [-0.15, -0.1) is 10.2 Å². The quantitative estimate of drug-likeness (QED) is 0.745. The molecule has 0 unspecified atom stereocenters. The molecule has 0 aliphatic rings. The second-order valence-corrected chi connectivity index (χ2v) is 5.64. The predicted octanol–water partition coefficient (Wildman–Crippen LogP) is 3.40. The van der Waals surface area contributed by atoms with Gasteiger partial charge in [-0.1, -0.05) is 17.4 Å². The fraction of sp³-hybridized carbons (Fsp3) is 0.111. The summed E-state index contributed by atoms with van der Waals surface area (Å²) in [6.07, 6.45) is 0. The van der Waals surface area contributed by atoms with Crippen LogP contribution < -0.4 is 0 Å². The highest BCUT2D eigenvalue weighted by Gasteiger charge is 2.17. The third kappa shape index (κ3) is 2.00. The van der Waals surface area contributed by atoms with Crippen molar-refractivity contribution in [2.24, 2.45) is 0 Å². The third-order valence-corrected chi connectivity index (χ3v) is 3.50. The van der Waals surface area contributed by atoms with Gasteiger partial charge in [0.25, 0.3) is 0 Å². The highest BCUT2D eigenvalue weighted by Crippen LogP contribution is 2.30. The number of halogens is 3. The van der Waals surface area contributed by atoms with Gasteiger partial charge in [0.15, 0.2) is 8.02 Å². The van der Waals surface area contributed by atoms with E-state index < -0.39 is 11.6 Å². The van der Waals surface area contributed by atoms with Crippen LogP contribution in [0, 0.1) is 21.6 Å². The lowest BCUT2D eigenvalue weighted by atomic mass is 10.1. The van der Waals surface area contributed by atoms with Gasteiger partial charge in [-0.05, 0) is 41.1 Å². The first-order valence-electron chi connectivity index (χ1n) is 4.03. The standard InChI is InChI=1S/C9H5F2IN2S/c1-4-2-3-5(10)6(7(4)11)8-13-14-9(12)15-8/h2-3H,1H3. The normalized spacial score (nSPS) is 10.7. The molecule has 0 saturated carbocycles. The largest absolute Gasteiger partial charge is 0.206 e. The molecule has 6 heteroatoms. The monoisotopic (exact) mass is 338 g/mol. The van der Waals surface area contributed by atoms with E-state index >= 15 is 0 Å². The van der Waals surface area contributed by atoms with Gasteiger partial charge in [-0.25, -0.2) is 8.78 Å². The summed E-state index contributed by atoms with van der Waals surface area (Å²) in [6.45, 7) is 1.59. The summed E-state index contributed by atoms with van der Waals surface area (Å²) >= 11 is 3.12. The van der Waals surface area contributed by atoms with Gasteiger partial charge in [0, 0.05) is 0 Å². The molecular formula is C9H5F2IN2S. The van der Waals surface area contributed by atoms with E-state index in [9.17, 15) is 8.78 Å². The zero-order valence-corrected chi connectivity index (χ0v) is 10.6. The minimum atomic E-state index is -0.606. The molecule has 1 heterocycles. The Kier molecular flexibility index (Phi) is 2.96. The molecule has 0 radical (unpaired) electrons. The first-order valence-corrected chi connectivity index (χ1v) is 5.93. The average Bonchev–Trinajstić information content (AvgIpc) is 2.59. The predicted molar refractivity (Wildman–Crippen MR) is 62.7 cm³/mol. The molecule has 2 aromatic rings. The molecular weight excluding hydrogens is 333 g/mol. The Morgan fingerprint density at radius 3 is 2.60 bits per heavy atom. The van der Waals surface area contributed by atoms with E-state index in [2.05, 4.69) is 10.2 Å². The topological polar surface area (TPSA) is 25.8 Å². The number of hydrogen-bond acceptors (Lipinski definition) is 3. The highest BCUT2D eigenvalue weighted by atomic mass is 127. The minimum absolute atomic E-state index is 0.0876. The molecule has 0 fully saturated rings. The molecule has 2 nitrogen and oxygen atoms in total. The van der Waals surface area contributed by atoms with Crippen LogP contribution in [-0.2, 0) is 0 Å². The van der Waals surface area contributed by atoms with Gasteiger partial charge >= 0.3 is 0 Å². The summed E-state index contributed by atoms with van der Waals surface area (Å²) in [7, 11) is 0. The van der Waals surface area contributed by atoms with Gasteiger partial charge in [0.2, 0.25) is 0 Å². The SMILES string of the molecule is Cc1ccc(F)c(-c2nnc(I)s2)c1F. The van der Waals surface area contributed by atoms with Crippen LogP contribution in [0.2, 0.25) is 0 Å². The molecule has 0 aliphatic carbocycles. The molecule has 0 aliphatic heterocycles. The number of nitrogens with zero attached hydrogens (tertiary/aromatic N) is 2. The molecule has 0 saturated heterocycles. The molecule has 0 spiro atoms. The Hall–Kier alpha value is -0.630. The smallest absolute Gasteiger partial charge is 0.178 e. The molecule has 1 aromatic heterocycles. The van der Waals surface area contributed by atoms with Gasteiger partial charge in [0.05, 0.1) is 5.56 Å². The van der Waals surface area contributed by atoms with E-state index in [1.165, 1.54) is 12.1 Å². The van der Waals surface area contributed by atoms with E-state index in [1.807, 2.05) is 22.6 Å². The van der Waals surface area contributed by atoms with Crippen molar-refractivity contribution in [2.75, 3.05) is 0 Å². The number of aryl methyl sites for hydroxylation is 1. The van der Waals surface area contributed by atoms with Crippen molar-refractivity contribution in [2.45, 2.75) is 6.92 Å². The Morgan fingerprint density at radius 2 is 2.00 bits per heavy atom. The summed E-state index contributed by atoms with van der Waals surface area (Å²) in [6, 6.07) is 2.64. The van der Waals surface area contributed by atoms with E-state index in [4.69, 9.17) is 0 Å². The van der Waals surface area contributed by atoms with Crippen LogP contribution in [0.1, 0.15) is 5.56 Å². The van der Waals surface area contributed by atoms with Crippen molar-refractivity contribution >= 4 is 33.9 Å². The van der Waals surface area contributed by atoms with E-state index in [-0.39, 0.29) is 10.6 Å².